The maximum Gasteiger partial charge on any atom is 0.137 e. The van der Waals surface area contributed by atoms with Gasteiger partial charge in [0.2, 0.25) is 0 Å². The van der Waals surface area contributed by atoms with E-state index in [0.29, 0.717) is 0 Å². The number of fused-ring (bicyclic) bond motifs is 2. The van der Waals surface area contributed by atoms with E-state index in [1.165, 1.54) is 27.5 Å². The summed E-state index contributed by atoms with van der Waals surface area (Å²) in [6, 6.07) is 48.9. The summed E-state index contributed by atoms with van der Waals surface area (Å²) < 4.78 is 6.46. The van der Waals surface area contributed by atoms with Gasteiger partial charge in [-0.05, 0) is 64.5 Å². The number of ether oxygens (including phenoxy) is 1. The van der Waals surface area contributed by atoms with Gasteiger partial charge in [0.05, 0.1) is 0 Å². The van der Waals surface area contributed by atoms with E-state index in [1.807, 2.05) is 12.1 Å². The standard InChI is InChI=1S/C34H23NO/c1-3-9-24(10-4-1)25-17-19-28(20-18-25)35(27-13-5-2-6-14-27)29-21-22-30-31-15-7-11-26-12-8-16-32(34(26)31)36-33(30)23-29/h1-23H. The Balaban J connectivity index is 1.34. The van der Waals surface area contributed by atoms with Crippen molar-refractivity contribution in [3.63, 3.8) is 0 Å². The number of para-hydroxylation sites is 1. The van der Waals surface area contributed by atoms with Gasteiger partial charge in [0, 0.05) is 34.1 Å². The predicted molar refractivity (Wildman–Crippen MR) is 150 cm³/mol. The largest absolute Gasteiger partial charge is 0.456 e. The Morgan fingerprint density at radius 3 is 1.83 bits per heavy atom. The number of hydrogen-bond donors (Lipinski definition) is 0. The van der Waals surface area contributed by atoms with Crippen molar-refractivity contribution in [1.29, 1.82) is 0 Å². The molecular formula is C34H23NO. The SMILES string of the molecule is c1ccc(-c2ccc(N(c3ccccc3)c3ccc4c(c3)Oc3cccc5cccc-4c35)cc2)cc1. The highest BCUT2D eigenvalue weighted by atomic mass is 16.5. The molecule has 0 spiro atoms. The minimum absolute atomic E-state index is 0.875. The molecule has 0 N–H and O–H groups in total. The highest BCUT2D eigenvalue weighted by molar-refractivity contribution is 6.04. The molecule has 170 valence electrons. The van der Waals surface area contributed by atoms with Gasteiger partial charge >= 0.3 is 0 Å². The van der Waals surface area contributed by atoms with Gasteiger partial charge in [0.1, 0.15) is 11.5 Å². The van der Waals surface area contributed by atoms with Gasteiger partial charge in [0.25, 0.3) is 0 Å². The van der Waals surface area contributed by atoms with Crippen LogP contribution in [0, 0.1) is 0 Å². The zero-order valence-electron chi connectivity index (χ0n) is 19.6. The Bertz CT molecular complexity index is 1680. The first-order valence-corrected chi connectivity index (χ1v) is 12.2. The molecule has 0 atom stereocenters. The molecule has 0 amide bonds. The summed E-state index contributed by atoms with van der Waals surface area (Å²) in [6.45, 7) is 0. The first-order valence-electron chi connectivity index (χ1n) is 12.2. The van der Waals surface area contributed by atoms with Gasteiger partial charge in [-0.15, -0.1) is 0 Å². The lowest BCUT2D eigenvalue weighted by Gasteiger charge is -2.28. The second-order valence-corrected chi connectivity index (χ2v) is 9.03. The third kappa shape index (κ3) is 3.43. The maximum absolute atomic E-state index is 6.46. The van der Waals surface area contributed by atoms with Crippen LogP contribution in [0.25, 0.3) is 33.0 Å². The Morgan fingerprint density at radius 1 is 0.417 bits per heavy atom. The fraction of sp³-hybridized carbons (Fsp3) is 0. The van der Waals surface area contributed by atoms with Crippen LogP contribution in [-0.2, 0) is 0 Å². The highest BCUT2D eigenvalue weighted by Gasteiger charge is 2.22. The molecule has 2 heteroatoms. The van der Waals surface area contributed by atoms with Crippen molar-refractivity contribution in [2.75, 3.05) is 4.90 Å². The van der Waals surface area contributed by atoms with Gasteiger partial charge < -0.3 is 9.64 Å². The first-order chi connectivity index (χ1) is 17.8. The lowest BCUT2D eigenvalue weighted by atomic mass is 9.94. The molecule has 6 aromatic rings. The molecule has 0 saturated carbocycles. The molecule has 0 unspecified atom stereocenters. The molecule has 1 heterocycles. The molecule has 0 aliphatic carbocycles. The molecule has 0 radical (unpaired) electrons. The Labute approximate surface area is 210 Å². The van der Waals surface area contributed by atoms with Gasteiger partial charge in [-0.1, -0.05) is 91.0 Å². The van der Waals surface area contributed by atoms with Crippen LogP contribution in [0.5, 0.6) is 11.5 Å². The maximum atomic E-state index is 6.46. The van der Waals surface area contributed by atoms with Crippen LogP contribution >= 0.6 is 0 Å². The normalized spacial score (nSPS) is 11.6. The Hall–Kier alpha value is -4.82. The van der Waals surface area contributed by atoms with Crippen LogP contribution in [0.1, 0.15) is 0 Å². The second kappa shape index (κ2) is 8.44. The quantitative estimate of drug-likeness (QED) is 0.259. The Kier molecular flexibility index (Phi) is 4.82. The van der Waals surface area contributed by atoms with E-state index in [4.69, 9.17) is 4.74 Å². The topological polar surface area (TPSA) is 12.5 Å². The molecule has 0 aromatic heterocycles. The van der Waals surface area contributed by atoms with Crippen molar-refractivity contribution in [3.8, 4) is 33.8 Å². The average Bonchev–Trinajstić information content (AvgIpc) is 2.95. The van der Waals surface area contributed by atoms with E-state index in [0.717, 1.165) is 34.1 Å². The Morgan fingerprint density at radius 2 is 1.06 bits per heavy atom. The molecule has 2 nitrogen and oxygen atoms in total. The van der Waals surface area contributed by atoms with E-state index in [-0.39, 0.29) is 0 Å². The van der Waals surface area contributed by atoms with E-state index in [1.54, 1.807) is 0 Å². The van der Waals surface area contributed by atoms with Crippen molar-refractivity contribution >= 4 is 27.8 Å². The van der Waals surface area contributed by atoms with E-state index in [9.17, 15) is 0 Å². The number of benzene rings is 6. The first kappa shape index (κ1) is 20.5. The molecule has 1 aliphatic rings. The van der Waals surface area contributed by atoms with Crippen molar-refractivity contribution in [1.82, 2.24) is 0 Å². The average molecular weight is 462 g/mol. The molecule has 0 saturated heterocycles. The molecule has 0 bridgehead atoms. The zero-order valence-corrected chi connectivity index (χ0v) is 19.6. The number of rotatable bonds is 4. The van der Waals surface area contributed by atoms with Gasteiger partial charge in [0.15, 0.2) is 0 Å². The van der Waals surface area contributed by atoms with Crippen molar-refractivity contribution in [2.24, 2.45) is 0 Å². The molecular weight excluding hydrogens is 438 g/mol. The van der Waals surface area contributed by atoms with Crippen molar-refractivity contribution in [2.45, 2.75) is 0 Å². The summed E-state index contributed by atoms with van der Waals surface area (Å²) in [4.78, 5) is 2.28. The van der Waals surface area contributed by atoms with Gasteiger partial charge in [-0.2, -0.15) is 0 Å². The summed E-state index contributed by atoms with van der Waals surface area (Å²) >= 11 is 0. The van der Waals surface area contributed by atoms with Gasteiger partial charge in [-0.3, -0.25) is 0 Å². The zero-order chi connectivity index (χ0) is 23.9. The van der Waals surface area contributed by atoms with Crippen LogP contribution in [0.3, 0.4) is 0 Å². The van der Waals surface area contributed by atoms with E-state index < -0.39 is 0 Å². The predicted octanol–water partition coefficient (Wildman–Crippen LogP) is 9.75. The van der Waals surface area contributed by atoms with E-state index in [2.05, 4.69) is 132 Å². The summed E-state index contributed by atoms with van der Waals surface area (Å²) in [5.74, 6) is 1.78. The third-order valence-electron chi connectivity index (χ3n) is 6.85. The molecule has 6 aromatic carbocycles. The molecule has 36 heavy (non-hydrogen) atoms. The minimum atomic E-state index is 0.875. The number of anilines is 3. The fourth-order valence-electron chi connectivity index (χ4n) is 5.15. The van der Waals surface area contributed by atoms with Crippen LogP contribution in [0.4, 0.5) is 17.1 Å². The summed E-state index contributed by atoms with van der Waals surface area (Å²) in [6.07, 6.45) is 0. The summed E-state index contributed by atoms with van der Waals surface area (Å²) in [5.41, 5.74) is 8.00. The molecule has 7 rings (SSSR count). The summed E-state index contributed by atoms with van der Waals surface area (Å²) in [7, 11) is 0. The third-order valence-corrected chi connectivity index (χ3v) is 6.85. The lowest BCUT2D eigenvalue weighted by Crippen LogP contribution is -2.10. The molecule has 1 aliphatic heterocycles. The van der Waals surface area contributed by atoms with Crippen molar-refractivity contribution in [3.05, 3.63) is 140 Å². The van der Waals surface area contributed by atoms with Crippen LogP contribution in [0.2, 0.25) is 0 Å². The monoisotopic (exact) mass is 461 g/mol. The molecule has 0 fully saturated rings. The fourth-order valence-corrected chi connectivity index (χ4v) is 5.15. The van der Waals surface area contributed by atoms with Crippen LogP contribution in [0.15, 0.2) is 140 Å². The highest BCUT2D eigenvalue weighted by Crippen LogP contribution is 2.48. The smallest absolute Gasteiger partial charge is 0.137 e. The van der Waals surface area contributed by atoms with Gasteiger partial charge in [-0.25, -0.2) is 0 Å². The van der Waals surface area contributed by atoms with E-state index >= 15 is 0 Å². The minimum Gasteiger partial charge on any atom is -0.456 e. The van der Waals surface area contributed by atoms with Crippen LogP contribution in [-0.4, -0.2) is 0 Å². The number of nitrogens with zero attached hydrogens (tertiary/aromatic N) is 1. The van der Waals surface area contributed by atoms with Crippen LogP contribution < -0.4 is 9.64 Å². The van der Waals surface area contributed by atoms with Crippen molar-refractivity contribution < 1.29 is 4.74 Å². The number of hydrogen-bond acceptors (Lipinski definition) is 2. The summed E-state index contributed by atoms with van der Waals surface area (Å²) in [5, 5.41) is 2.38. The lowest BCUT2D eigenvalue weighted by molar-refractivity contribution is 0.487. The second-order valence-electron chi connectivity index (χ2n) is 9.03.